The second-order valence-corrected chi connectivity index (χ2v) is 1.41. The molecule has 9 heavy (non-hydrogen) atoms. The van der Waals surface area contributed by atoms with Crippen LogP contribution in [-0.2, 0) is 0 Å². The Morgan fingerprint density at radius 1 is 1.44 bits per heavy atom. The quantitative estimate of drug-likeness (QED) is 0.391. The summed E-state index contributed by atoms with van der Waals surface area (Å²) in [7, 11) is 0. The Morgan fingerprint density at radius 2 is 1.89 bits per heavy atom. The van der Waals surface area contributed by atoms with Crippen molar-refractivity contribution in [2.45, 2.75) is 13.3 Å². The normalized spacial score (nSPS) is 9.33. The van der Waals surface area contributed by atoms with Gasteiger partial charge in [0.15, 0.2) is 0 Å². The Hall–Kier alpha value is -0.780. The van der Waals surface area contributed by atoms with E-state index in [0.717, 1.165) is 12.0 Å². The van der Waals surface area contributed by atoms with Gasteiger partial charge in [0.2, 0.25) is 0 Å². The lowest BCUT2D eigenvalue weighted by Crippen LogP contribution is -1.65. The molecule has 0 saturated heterocycles. The van der Waals surface area contributed by atoms with E-state index in [-0.39, 0.29) is 0 Å². The minimum Gasteiger partial charge on any atom is -0.106 e. The van der Waals surface area contributed by atoms with Gasteiger partial charge in [-0.25, -0.2) is 0 Å². The van der Waals surface area contributed by atoms with Gasteiger partial charge in [-0.1, -0.05) is 31.2 Å². The maximum absolute atomic E-state index is 3.74. The van der Waals surface area contributed by atoms with Crippen molar-refractivity contribution < 1.29 is 0 Å². The zero-order valence-electron chi connectivity index (χ0n) is 6.19. The SMILES string of the molecule is C=C.[CH2]/C(=C\C=C)CC. The highest BCUT2D eigenvalue weighted by Gasteiger charge is 1.75. The van der Waals surface area contributed by atoms with Crippen LogP contribution in [0.2, 0.25) is 0 Å². The highest BCUT2D eigenvalue weighted by Crippen LogP contribution is 1.95. The van der Waals surface area contributed by atoms with Gasteiger partial charge in [0.05, 0.1) is 0 Å². The fraction of sp³-hybridized carbons (Fsp3) is 0.222. The first kappa shape index (κ1) is 11.1. The summed E-state index contributed by atoms with van der Waals surface area (Å²) in [5.41, 5.74) is 1.13. The van der Waals surface area contributed by atoms with Gasteiger partial charge in [-0.15, -0.1) is 13.2 Å². The second kappa shape index (κ2) is 10.3. The van der Waals surface area contributed by atoms with Crippen molar-refractivity contribution in [1.82, 2.24) is 0 Å². The summed E-state index contributed by atoms with van der Waals surface area (Å²) in [5.74, 6) is 0. The number of hydrogen-bond acceptors (Lipinski definition) is 0. The predicted octanol–water partition coefficient (Wildman–Crippen LogP) is 3.15. The molecule has 0 heteroatoms. The number of allylic oxidation sites excluding steroid dienone is 3. The first-order chi connectivity index (χ1) is 4.31. The number of rotatable bonds is 2. The topological polar surface area (TPSA) is 0 Å². The lowest BCUT2D eigenvalue weighted by molar-refractivity contribution is 1.15. The third-order valence-corrected chi connectivity index (χ3v) is 0.808. The fourth-order valence-corrected chi connectivity index (χ4v) is 0.285. The van der Waals surface area contributed by atoms with Crippen LogP contribution in [0.1, 0.15) is 13.3 Å². The first-order valence-corrected chi connectivity index (χ1v) is 2.94. The fourth-order valence-electron chi connectivity index (χ4n) is 0.285. The molecular formula is C9H15. The van der Waals surface area contributed by atoms with E-state index in [1.807, 2.05) is 6.08 Å². The van der Waals surface area contributed by atoms with E-state index < -0.39 is 0 Å². The highest BCUT2D eigenvalue weighted by molar-refractivity contribution is 5.11. The minimum absolute atomic E-state index is 1.02. The summed E-state index contributed by atoms with van der Waals surface area (Å²) in [5, 5.41) is 0. The van der Waals surface area contributed by atoms with Crippen molar-refractivity contribution in [3.63, 3.8) is 0 Å². The molecule has 0 saturated carbocycles. The Bertz CT molecular complexity index is 88.2. The Labute approximate surface area is 58.6 Å². The second-order valence-electron chi connectivity index (χ2n) is 1.41. The molecule has 0 rings (SSSR count). The molecule has 0 aromatic rings. The number of hydrogen-bond donors (Lipinski definition) is 0. The zero-order valence-corrected chi connectivity index (χ0v) is 6.19. The third-order valence-electron chi connectivity index (χ3n) is 0.808. The van der Waals surface area contributed by atoms with Gasteiger partial charge in [-0.2, -0.15) is 0 Å². The van der Waals surface area contributed by atoms with E-state index in [9.17, 15) is 0 Å². The average Bonchev–Trinajstić information content (AvgIpc) is 1.93. The van der Waals surface area contributed by atoms with E-state index >= 15 is 0 Å². The molecule has 51 valence electrons. The molecule has 0 spiro atoms. The largest absolute Gasteiger partial charge is 0.106 e. The molecule has 0 aliphatic carbocycles. The van der Waals surface area contributed by atoms with Crippen LogP contribution in [0.25, 0.3) is 0 Å². The molecule has 0 aromatic heterocycles. The van der Waals surface area contributed by atoms with Crippen LogP contribution >= 0.6 is 0 Å². The van der Waals surface area contributed by atoms with Crippen LogP contribution in [0.5, 0.6) is 0 Å². The van der Waals surface area contributed by atoms with Crippen LogP contribution in [-0.4, -0.2) is 0 Å². The predicted molar refractivity (Wildman–Crippen MR) is 45.2 cm³/mol. The molecule has 0 amide bonds. The van der Waals surface area contributed by atoms with Gasteiger partial charge < -0.3 is 0 Å². The van der Waals surface area contributed by atoms with E-state index in [2.05, 4.69) is 33.6 Å². The Morgan fingerprint density at radius 3 is 2.00 bits per heavy atom. The molecule has 0 unspecified atom stereocenters. The molecule has 0 heterocycles. The van der Waals surface area contributed by atoms with Crippen molar-refractivity contribution >= 4 is 0 Å². The van der Waals surface area contributed by atoms with Crippen molar-refractivity contribution in [3.8, 4) is 0 Å². The summed E-state index contributed by atoms with van der Waals surface area (Å²) in [6.45, 7) is 15.3. The Balaban J connectivity index is 0. The van der Waals surface area contributed by atoms with Crippen LogP contribution in [0.4, 0.5) is 0 Å². The molecule has 0 fully saturated rings. The molecule has 0 atom stereocenters. The van der Waals surface area contributed by atoms with Crippen LogP contribution in [0.15, 0.2) is 37.5 Å². The maximum atomic E-state index is 3.74. The average molecular weight is 123 g/mol. The molecule has 0 aliphatic heterocycles. The van der Waals surface area contributed by atoms with Gasteiger partial charge in [0.25, 0.3) is 0 Å². The third kappa shape index (κ3) is 11.0. The highest BCUT2D eigenvalue weighted by atomic mass is 13.8. The molecule has 0 N–H and O–H groups in total. The van der Waals surface area contributed by atoms with Crippen molar-refractivity contribution in [2.75, 3.05) is 0 Å². The van der Waals surface area contributed by atoms with Crippen molar-refractivity contribution in [1.29, 1.82) is 0 Å². The van der Waals surface area contributed by atoms with Gasteiger partial charge in [-0.3, -0.25) is 0 Å². The molecule has 0 aromatic carbocycles. The van der Waals surface area contributed by atoms with Crippen LogP contribution in [0.3, 0.4) is 0 Å². The van der Waals surface area contributed by atoms with Gasteiger partial charge in [0, 0.05) is 0 Å². The van der Waals surface area contributed by atoms with E-state index in [1.165, 1.54) is 0 Å². The molecule has 0 bridgehead atoms. The first-order valence-electron chi connectivity index (χ1n) is 2.94. The van der Waals surface area contributed by atoms with Gasteiger partial charge in [0.1, 0.15) is 0 Å². The molecular weight excluding hydrogens is 108 g/mol. The summed E-state index contributed by atoms with van der Waals surface area (Å²) in [6, 6.07) is 0. The summed E-state index contributed by atoms with van der Waals surface area (Å²) < 4.78 is 0. The maximum Gasteiger partial charge on any atom is -0.0280 e. The summed E-state index contributed by atoms with van der Waals surface area (Å²) in [6.07, 6.45) is 4.69. The molecule has 1 radical (unpaired) electrons. The van der Waals surface area contributed by atoms with E-state index in [1.54, 1.807) is 6.08 Å². The standard InChI is InChI=1S/C7H11.C2H4/c1-4-6-7(3)5-2;1-2/h4,6H,1,3,5H2,2H3;1-2H2/b7-6+;. The lowest BCUT2D eigenvalue weighted by atomic mass is 10.2. The minimum atomic E-state index is 1.02. The van der Waals surface area contributed by atoms with Crippen LogP contribution in [0, 0.1) is 6.92 Å². The summed E-state index contributed by atoms with van der Waals surface area (Å²) in [4.78, 5) is 0. The van der Waals surface area contributed by atoms with Gasteiger partial charge in [-0.05, 0) is 13.3 Å². The monoisotopic (exact) mass is 123 g/mol. The molecule has 0 aliphatic rings. The van der Waals surface area contributed by atoms with Gasteiger partial charge >= 0.3 is 0 Å². The summed E-state index contributed by atoms with van der Waals surface area (Å²) >= 11 is 0. The van der Waals surface area contributed by atoms with E-state index in [4.69, 9.17) is 0 Å². The smallest absolute Gasteiger partial charge is 0.0280 e. The molecule has 0 nitrogen and oxygen atoms in total. The van der Waals surface area contributed by atoms with E-state index in [0.29, 0.717) is 0 Å². The van der Waals surface area contributed by atoms with Crippen molar-refractivity contribution in [3.05, 3.63) is 44.4 Å². The Kier molecular flexibility index (Phi) is 12.6. The lowest BCUT2D eigenvalue weighted by Gasteiger charge is -1.85. The van der Waals surface area contributed by atoms with Crippen LogP contribution < -0.4 is 0 Å². The zero-order chi connectivity index (χ0) is 7.70. The van der Waals surface area contributed by atoms with Crippen molar-refractivity contribution in [2.24, 2.45) is 0 Å².